The normalized spacial score (nSPS) is 14.8. The van der Waals surface area contributed by atoms with Crippen molar-refractivity contribution >= 4 is 0 Å². The molecule has 4 aromatic rings. The molecule has 1 aliphatic rings. The standard InChI is InChI=1S/C33H34F2N2O/c34-30-18-9-7-16-28(30)32(29-17-8-10-19-31(29)35)37-23-21-36(22-24-37)20-11-25-38-33(26-12-3-1-4-13-26)27-14-5-2-6-15-27/h1-10,12-19,32-33H,11,20-25H2. The summed E-state index contributed by atoms with van der Waals surface area (Å²) in [7, 11) is 0. The monoisotopic (exact) mass is 512 g/mol. The zero-order valence-corrected chi connectivity index (χ0v) is 21.6. The van der Waals surface area contributed by atoms with Gasteiger partial charge in [0.15, 0.2) is 0 Å². The molecule has 0 aliphatic carbocycles. The minimum atomic E-state index is -0.444. The molecule has 0 amide bonds. The fourth-order valence-electron chi connectivity index (χ4n) is 5.33. The molecule has 5 heteroatoms. The summed E-state index contributed by atoms with van der Waals surface area (Å²) in [6.07, 6.45) is 0.830. The van der Waals surface area contributed by atoms with Crippen LogP contribution in [0.1, 0.15) is 40.8 Å². The van der Waals surface area contributed by atoms with E-state index in [9.17, 15) is 8.78 Å². The van der Waals surface area contributed by atoms with Crippen LogP contribution in [0.5, 0.6) is 0 Å². The summed E-state index contributed by atoms with van der Waals surface area (Å²) in [5.41, 5.74) is 3.35. The predicted molar refractivity (Wildman–Crippen MR) is 148 cm³/mol. The summed E-state index contributed by atoms with van der Waals surface area (Å²) in [6, 6.07) is 33.7. The number of hydrogen-bond donors (Lipinski definition) is 0. The highest BCUT2D eigenvalue weighted by molar-refractivity contribution is 5.34. The van der Waals surface area contributed by atoms with Crippen LogP contribution >= 0.6 is 0 Å². The van der Waals surface area contributed by atoms with Gasteiger partial charge in [-0.15, -0.1) is 0 Å². The van der Waals surface area contributed by atoms with Crippen LogP contribution in [-0.4, -0.2) is 49.1 Å². The highest BCUT2D eigenvalue weighted by Gasteiger charge is 2.29. The number of rotatable bonds is 10. The summed E-state index contributed by atoms with van der Waals surface area (Å²) in [5.74, 6) is -0.599. The van der Waals surface area contributed by atoms with Gasteiger partial charge in [-0.2, -0.15) is 0 Å². The number of hydrogen-bond acceptors (Lipinski definition) is 3. The first-order valence-electron chi connectivity index (χ1n) is 13.4. The van der Waals surface area contributed by atoms with E-state index < -0.39 is 6.04 Å². The van der Waals surface area contributed by atoms with Crippen molar-refractivity contribution in [1.82, 2.24) is 9.80 Å². The van der Waals surface area contributed by atoms with Crippen molar-refractivity contribution in [2.45, 2.75) is 18.6 Å². The maximum absolute atomic E-state index is 14.8. The lowest BCUT2D eigenvalue weighted by Gasteiger charge is -2.40. The summed E-state index contributed by atoms with van der Waals surface area (Å²) in [5, 5.41) is 0. The van der Waals surface area contributed by atoms with Gasteiger partial charge in [0.05, 0.1) is 6.04 Å². The van der Waals surface area contributed by atoms with Crippen LogP contribution in [0.15, 0.2) is 109 Å². The molecular formula is C33H34F2N2O. The highest BCUT2D eigenvalue weighted by atomic mass is 19.1. The molecule has 0 bridgehead atoms. The van der Waals surface area contributed by atoms with E-state index in [2.05, 4.69) is 34.1 Å². The SMILES string of the molecule is Fc1ccccc1C(c1ccccc1F)N1CCN(CCCOC(c2ccccc2)c2ccccc2)CC1. The van der Waals surface area contributed by atoms with Crippen LogP contribution in [0.3, 0.4) is 0 Å². The van der Waals surface area contributed by atoms with Gasteiger partial charge >= 0.3 is 0 Å². The highest BCUT2D eigenvalue weighted by Crippen LogP contribution is 2.33. The first-order chi connectivity index (χ1) is 18.7. The number of nitrogens with zero attached hydrogens (tertiary/aromatic N) is 2. The first-order valence-corrected chi connectivity index (χ1v) is 13.4. The Morgan fingerprint density at radius 1 is 0.605 bits per heavy atom. The fourth-order valence-corrected chi connectivity index (χ4v) is 5.33. The summed E-state index contributed by atoms with van der Waals surface area (Å²) in [6.45, 7) is 4.76. The topological polar surface area (TPSA) is 15.7 Å². The van der Waals surface area contributed by atoms with Gasteiger partial charge in [-0.3, -0.25) is 4.90 Å². The molecule has 4 aromatic carbocycles. The Balaban J connectivity index is 1.18. The van der Waals surface area contributed by atoms with Crippen LogP contribution in [0, 0.1) is 11.6 Å². The quantitative estimate of drug-likeness (QED) is 0.216. The second-order valence-electron chi connectivity index (χ2n) is 9.75. The Bertz CT molecular complexity index is 1190. The number of halogens is 2. The van der Waals surface area contributed by atoms with Crippen LogP contribution in [-0.2, 0) is 4.74 Å². The van der Waals surface area contributed by atoms with E-state index in [0.29, 0.717) is 17.7 Å². The Morgan fingerprint density at radius 3 is 1.58 bits per heavy atom. The lowest BCUT2D eigenvalue weighted by Crippen LogP contribution is -2.48. The van der Waals surface area contributed by atoms with Gasteiger partial charge in [-0.1, -0.05) is 97.1 Å². The van der Waals surface area contributed by atoms with Crippen molar-refractivity contribution in [1.29, 1.82) is 0 Å². The maximum Gasteiger partial charge on any atom is 0.128 e. The molecule has 1 fully saturated rings. The molecular weight excluding hydrogens is 478 g/mol. The van der Waals surface area contributed by atoms with Gasteiger partial charge in [-0.05, 0) is 29.7 Å². The van der Waals surface area contributed by atoms with E-state index in [-0.39, 0.29) is 17.7 Å². The molecule has 0 saturated carbocycles. The summed E-state index contributed by atoms with van der Waals surface area (Å²) >= 11 is 0. The third-order valence-electron chi connectivity index (χ3n) is 7.28. The second kappa shape index (κ2) is 12.9. The Kier molecular flexibility index (Phi) is 8.92. The molecule has 196 valence electrons. The summed E-state index contributed by atoms with van der Waals surface area (Å²) in [4.78, 5) is 4.62. The van der Waals surface area contributed by atoms with Crippen LogP contribution in [0.2, 0.25) is 0 Å². The molecule has 0 radical (unpaired) electrons. The van der Waals surface area contributed by atoms with Crippen molar-refractivity contribution in [2.24, 2.45) is 0 Å². The minimum Gasteiger partial charge on any atom is -0.369 e. The maximum atomic E-state index is 14.8. The van der Waals surface area contributed by atoms with Gasteiger partial charge < -0.3 is 9.64 Å². The second-order valence-corrected chi connectivity index (χ2v) is 9.75. The zero-order chi connectivity index (χ0) is 26.2. The fraction of sp³-hybridized carbons (Fsp3) is 0.273. The Hall–Kier alpha value is -3.38. The van der Waals surface area contributed by atoms with Crippen molar-refractivity contribution in [2.75, 3.05) is 39.3 Å². The van der Waals surface area contributed by atoms with Crippen molar-refractivity contribution in [3.05, 3.63) is 143 Å². The molecule has 0 spiro atoms. The smallest absolute Gasteiger partial charge is 0.128 e. The summed E-state index contributed by atoms with van der Waals surface area (Å²) < 4.78 is 36.0. The molecule has 38 heavy (non-hydrogen) atoms. The molecule has 5 rings (SSSR count). The van der Waals surface area contributed by atoms with Crippen LogP contribution < -0.4 is 0 Å². The number of benzene rings is 4. The van der Waals surface area contributed by atoms with E-state index in [0.717, 1.165) is 50.3 Å². The first kappa shape index (κ1) is 26.2. The van der Waals surface area contributed by atoms with Crippen LogP contribution in [0.4, 0.5) is 8.78 Å². The largest absolute Gasteiger partial charge is 0.369 e. The molecule has 1 aliphatic heterocycles. The van der Waals surface area contributed by atoms with Crippen molar-refractivity contribution in [3.8, 4) is 0 Å². The molecule has 0 N–H and O–H groups in total. The van der Waals surface area contributed by atoms with Crippen molar-refractivity contribution < 1.29 is 13.5 Å². The van der Waals surface area contributed by atoms with E-state index in [1.807, 2.05) is 48.5 Å². The van der Waals surface area contributed by atoms with Gasteiger partial charge in [0, 0.05) is 50.5 Å². The molecule has 0 unspecified atom stereocenters. The van der Waals surface area contributed by atoms with E-state index in [4.69, 9.17) is 4.74 Å². The van der Waals surface area contributed by atoms with E-state index in [1.54, 1.807) is 24.3 Å². The van der Waals surface area contributed by atoms with E-state index in [1.165, 1.54) is 12.1 Å². The molecule has 3 nitrogen and oxygen atoms in total. The Morgan fingerprint density at radius 2 is 1.08 bits per heavy atom. The van der Waals surface area contributed by atoms with Gasteiger partial charge in [-0.25, -0.2) is 8.78 Å². The molecule has 1 saturated heterocycles. The lowest BCUT2D eigenvalue weighted by molar-refractivity contribution is 0.0608. The molecule has 1 heterocycles. The van der Waals surface area contributed by atoms with Crippen molar-refractivity contribution in [3.63, 3.8) is 0 Å². The molecule has 0 atom stereocenters. The van der Waals surface area contributed by atoms with Gasteiger partial charge in [0.1, 0.15) is 17.7 Å². The number of piperazine rings is 1. The van der Waals surface area contributed by atoms with Crippen LogP contribution in [0.25, 0.3) is 0 Å². The van der Waals surface area contributed by atoms with Gasteiger partial charge in [0.25, 0.3) is 0 Å². The predicted octanol–water partition coefficient (Wildman–Crippen LogP) is 6.87. The third-order valence-corrected chi connectivity index (χ3v) is 7.28. The Labute approximate surface area is 224 Å². The average Bonchev–Trinajstić information content (AvgIpc) is 2.97. The third kappa shape index (κ3) is 6.36. The van der Waals surface area contributed by atoms with E-state index >= 15 is 0 Å². The number of ether oxygens (including phenoxy) is 1. The lowest BCUT2D eigenvalue weighted by atomic mass is 9.95. The molecule has 0 aromatic heterocycles. The zero-order valence-electron chi connectivity index (χ0n) is 21.6. The average molecular weight is 513 g/mol. The minimum absolute atomic E-state index is 0.0865. The van der Waals surface area contributed by atoms with Gasteiger partial charge in [0.2, 0.25) is 0 Å².